The van der Waals surface area contributed by atoms with Crippen molar-refractivity contribution in [3.8, 4) is 0 Å². The number of carboxylic acids is 1. The Morgan fingerprint density at radius 2 is 1.64 bits per heavy atom. The van der Waals surface area contributed by atoms with Crippen LogP contribution < -0.4 is 5.32 Å². The van der Waals surface area contributed by atoms with Gasteiger partial charge in [0.2, 0.25) is 0 Å². The maximum atomic E-state index is 12.1. The van der Waals surface area contributed by atoms with Gasteiger partial charge in [-0.2, -0.15) is 0 Å². The minimum atomic E-state index is -1.05. The topological polar surface area (TPSA) is 102 Å². The number of hydrogen-bond donors (Lipinski definition) is 2. The number of rotatable bonds is 14. The minimum Gasteiger partial charge on any atom is -0.480 e. The third kappa shape index (κ3) is 10.3. The Morgan fingerprint density at radius 1 is 1.04 bits per heavy atom. The first-order chi connectivity index (χ1) is 11.9. The zero-order chi connectivity index (χ0) is 19.2. The van der Waals surface area contributed by atoms with Gasteiger partial charge in [-0.25, -0.2) is 0 Å². The Balaban J connectivity index is 4.85. The van der Waals surface area contributed by atoms with Crippen LogP contribution in [0.1, 0.15) is 53.4 Å². The molecule has 0 rings (SSSR count). The molecule has 0 amide bonds. The zero-order valence-corrected chi connectivity index (χ0v) is 16.4. The normalized spacial score (nSPS) is 14.4. The molecular weight excluding hydrogens is 346 g/mol. The molecule has 0 spiro atoms. The fourth-order valence-electron chi connectivity index (χ4n) is 2.10. The van der Waals surface area contributed by atoms with Gasteiger partial charge in [0, 0.05) is 5.75 Å². The predicted octanol–water partition coefficient (Wildman–Crippen LogP) is 2.23. The van der Waals surface area contributed by atoms with Crippen molar-refractivity contribution in [2.24, 2.45) is 0 Å². The average Bonchev–Trinajstić information content (AvgIpc) is 2.56. The molecule has 2 N–H and O–H groups in total. The molecule has 0 saturated heterocycles. The maximum absolute atomic E-state index is 12.1. The van der Waals surface area contributed by atoms with Crippen LogP contribution in [0.2, 0.25) is 0 Å². The summed E-state index contributed by atoms with van der Waals surface area (Å²) in [5.74, 6) is -1.62. The standard InChI is InChI=1S/C17H31NO6S/c1-5-8-9-10-14(17(22)24-7-3)25-11-13(16(21)23-6-2)18-12(4)15(19)20/h12-14,18H,5-11H2,1-4H3,(H,19,20)/t12-,13-,14?/m0/s1. The van der Waals surface area contributed by atoms with Gasteiger partial charge in [-0.3, -0.25) is 19.7 Å². The van der Waals surface area contributed by atoms with Crippen LogP contribution >= 0.6 is 11.8 Å². The summed E-state index contributed by atoms with van der Waals surface area (Å²) in [6.45, 7) is 7.50. The van der Waals surface area contributed by atoms with Crippen LogP contribution in [-0.2, 0) is 23.9 Å². The Labute approximate surface area is 154 Å². The van der Waals surface area contributed by atoms with Gasteiger partial charge in [-0.1, -0.05) is 26.2 Å². The smallest absolute Gasteiger partial charge is 0.324 e. The van der Waals surface area contributed by atoms with Gasteiger partial charge in [-0.05, 0) is 27.2 Å². The van der Waals surface area contributed by atoms with Crippen LogP contribution in [0.25, 0.3) is 0 Å². The lowest BCUT2D eigenvalue weighted by Crippen LogP contribution is -2.48. The van der Waals surface area contributed by atoms with Crippen molar-refractivity contribution >= 4 is 29.7 Å². The van der Waals surface area contributed by atoms with Crippen molar-refractivity contribution in [2.45, 2.75) is 70.7 Å². The molecule has 0 aliphatic rings. The van der Waals surface area contributed by atoms with Crippen molar-refractivity contribution in [1.29, 1.82) is 0 Å². The summed E-state index contributed by atoms with van der Waals surface area (Å²) in [7, 11) is 0. The number of aliphatic carboxylic acids is 1. The van der Waals surface area contributed by atoms with E-state index in [1.54, 1.807) is 13.8 Å². The van der Waals surface area contributed by atoms with Crippen LogP contribution in [0.15, 0.2) is 0 Å². The third-order valence-corrected chi connectivity index (χ3v) is 4.83. The molecule has 8 heteroatoms. The molecule has 7 nitrogen and oxygen atoms in total. The van der Waals surface area contributed by atoms with E-state index in [1.807, 2.05) is 0 Å². The van der Waals surface area contributed by atoms with Crippen LogP contribution in [0.5, 0.6) is 0 Å². The highest BCUT2D eigenvalue weighted by atomic mass is 32.2. The summed E-state index contributed by atoms with van der Waals surface area (Å²) < 4.78 is 10.1. The third-order valence-electron chi connectivity index (χ3n) is 3.48. The summed E-state index contributed by atoms with van der Waals surface area (Å²) in [5, 5.41) is 11.4. The molecule has 0 aliphatic heterocycles. The molecule has 1 unspecified atom stereocenters. The van der Waals surface area contributed by atoms with Gasteiger partial charge in [-0.15, -0.1) is 11.8 Å². The summed E-state index contributed by atoms with van der Waals surface area (Å²) in [4.78, 5) is 35.2. The number of thioether (sulfide) groups is 1. The van der Waals surface area contributed by atoms with Gasteiger partial charge in [0.1, 0.15) is 17.3 Å². The van der Waals surface area contributed by atoms with Crippen molar-refractivity contribution < 1.29 is 29.0 Å². The van der Waals surface area contributed by atoms with Crippen LogP contribution in [0.4, 0.5) is 0 Å². The minimum absolute atomic E-state index is 0.209. The highest BCUT2D eigenvalue weighted by Gasteiger charge is 2.28. The summed E-state index contributed by atoms with van der Waals surface area (Å²) in [6.07, 6.45) is 3.63. The molecule has 0 fully saturated rings. The van der Waals surface area contributed by atoms with E-state index in [4.69, 9.17) is 14.6 Å². The second-order valence-corrected chi connectivity index (χ2v) is 6.84. The molecule has 0 aromatic heterocycles. The number of carboxylic acid groups (broad SMARTS) is 1. The molecule has 0 saturated carbocycles. The van der Waals surface area contributed by atoms with E-state index < -0.39 is 24.0 Å². The molecule has 25 heavy (non-hydrogen) atoms. The highest BCUT2D eigenvalue weighted by Crippen LogP contribution is 2.21. The quantitative estimate of drug-likeness (QED) is 0.351. The van der Waals surface area contributed by atoms with Crippen molar-refractivity contribution in [1.82, 2.24) is 5.32 Å². The van der Waals surface area contributed by atoms with Gasteiger partial charge < -0.3 is 14.6 Å². The van der Waals surface area contributed by atoms with E-state index in [1.165, 1.54) is 18.7 Å². The summed E-state index contributed by atoms with van der Waals surface area (Å²) >= 11 is 1.31. The lowest BCUT2D eigenvalue weighted by Gasteiger charge is -2.22. The fraction of sp³-hybridized carbons (Fsp3) is 0.824. The lowest BCUT2D eigenvalue weighted by molar-refractivity contribution is -0.146. The van der Waals surface area contributed by atoms with E-state index in [2.05, 4.69) is 12.2 Å². The monoisotopic (exact) mass is 377 g/mol. The second-order valence-electron chi connectivity index (χ2n) is 5.60. The number of hydrogen-bond acceptors (Lipinski definition) is 7. The number of esters is 2. The number of carbonyl (C=O) groups is 3. The van der Waals surface area contributed by atoms with Gasteiger partial charge in [0.05, 0.1) is 13.2 Å². The second kappa shape index (κ2) is 13.9. The Morgan fingerprint density at radius 3 is 2.16 bits per heavy atom. The predicted molar refractivity (Wildman–Crippen MR) is 97.7 cm³/mol. The van der Waals surface area contributed by atoms with E-state index in [9.17, 15) is 14.4 Å². The van der Waals surface area contributed by atoms with E-state index >= 15 is 0 Å². The van der Waals surface area contributed by atoms with Crippen molar-refractivity contribution in [2.75, 3.05) is 19.0 Å². The Bertz CT molecular complexity index is 418. The maximum Gasteiger partial charge on any atom is 0.324 e. The number of unbranched alkanes of at least 4 members (excludes halogenated alkanes) is 2. The van der Waals surface area contributed by atoms with Gasteiger partial charge >= 0.3 is 17.9 Å². The molecule has 146 valence electrons. The van der Waals surface area contributed by atoms with Gasteiger partial charge in [0.25, 0.3) is 0 Å². The molecule has 0 heterocycles. The average molecular weight is 378 g/mol. The molecule has 0 aromatic rings. The van der Waals surface area contributed by atoms with E-state index in [0.29, 0.717) is 13.0 Å². The number of nitrogens with one attached hydrogen (secondary N) is 1. The molecule has 0 aromatic carbocycles. The van der Waals surface area contributed by atoms with Crippen molar-refractivity contribution in [3.05, 3.63) is 0 Å². The molecule has 3 atom stereocenters. The van der Waals surface area contributed by atoms with E-state index in [0.717, 1.165) is 19.3 Å². The number of ether oxygens (including phenoxy) is 2. The highest BCUT2D eigenvalue weighted by molar-refractivity contribution is 8.00. The lowest BCUT2D eigenvalue weighted by atomic mass is 10.1. The SMILES string of the molecule is CCCCCC(SC[C@H](N[C@@H](C)C(=O)O)C(=O)OCC)C(=O)OCC. The molecule has 0 radical (unpaired) electrons. The van der Waals surface area contributed by atoms with E-state index in [-0.39, 0.29) is 23.6 Å². The molecule has 0 bridgehead atoms. The Kier molecular flexibility index (Phi) is 13.2. The zero-order valence-electron chi connectivity index (χ0n) is 15.6. The first-order valence-corrected chi connectivity index (χ1v) is 9.85. The van der Waals surface area contributed by atoms with Crippen LogP contribution in [0, 0.1) is 0 Å². The van der Waals surface area contributed by atoms with Crippen LogP contribution in [0.3, 0.4) is 0 Å². The molecule has 0 aliphatic carbocycles. The first kappa shape index (κ1) is 23.7. The van der Waals surface area contributed by atoms with Crippen LogP contribution in [-0.4, -0.2) is 59.3 Å². The first-order valence-electron chi connectivity index (χ1n) is 8.80. The largest absolute Gasteiger partial charge is 0.480 e. The van der Waals surface area contributed by atoms with Crippen molar-refractivity contribution in [3.63, 3.8) is 0 Å². The molecular formula is C17H31NO6S. The Hall–Kier alpha value is -1.28. The summed E-state index contributed by atoms with van der Waals surface area (Å²) in [6, 6.07) is -1.68. The van der Waals surface area contributed by atoms with Gasteiger partial charge in [0.15, 0.2) is 0 Å². The summed E-state index contributed by atoms with van der Waals surface area (Å²) in [5.41, 5.74) is 0. The fourth-order valence-corrected chi connectivity index (χ4v) is 3.29. The number of carbonyl (C=O) groups excluding carboxylic acids is 2.